The van der Waals surface area contributed by atoms with Crippen molar-refractivity contribution >= 4 is 11.8 Å². The van der Waals surface area contributed by atoms with Crippen LogP contribution in [0.5, 0.6) is 5.75 Å². The molecular formula is C34H51FN4O4. The molecule has 9 heteroatoms. The van der Waals surface area contributed by atoms with Crippen LogP contribution in [0.3, 0.4) is 0 Å². The van der Waals surface area contributed by atoms with Gasteiger partial charge in [0.05, 0.1) is 12.7 Å². The normalized spacial score (nSPS) is 18.1. The zero-order valence-electron chi connectivity index (χ0n) is 26.9. The van der Waals surface area contributed by atoms with E-state index in [1.54, 1.807) is 13.2 Å². The number of pyridine rings is 1. The lowest BCUT2D eigenvalue weighted by Gasteiger charge is -2.32. The Balaban J connectivity index is 1.40. The Labute approximate surface area is 257 Å². The molecule has 2 N–H and O–H groups in total. The molecule has 0 saturated carbocycles. The number of aromatic nitrogens is 1. The summed E-state index contributed by atoms with van der Waals surface area (Å²) in [5.41, 5.74) is 2.61. The van der Waals surface area contributed by atoms with Gasteiger partial charge in [-0.2, -0.15) is 0 Å². The average molecular weight is 599 g/mol. The molecule has 0 radical (unpaired) electrons. The number of unbranched alkanes of at least 4 members (excludes halogenated alkanes) is 2. The third-order valence-electron chi connectivity index (χ3n) is 9.02. The highest BCUT2D eigenvalue weighted by Gasteiger charge is 2.39. The van der Waals surface area contributed by atoms with E-state index in [2.05, 4.69) is 36.2 Å². The largest absolute Gasteiger partial charge is 0.493 e. The number of aryl methyl sites for hydroxylation is 2. The molecule has 43 heavy (non-hydrogen) atoms. The third kappa shape index (κ3) is 8.25. The molecule has 0 amide bonds. The van der Waals surface area contributed by atoms with Crippen molar-refractivity contribution in [3.05, 3.63) is 52.5 Å². The Morgan fingerprint density at radius 2 is 2.02 bits per heavy atom. The van der Waals surface area contributed by atoms with Crippen LogP contribution in [0, 0.1) is 11.7 Å². The predicted molar refractivity (Wildman–Crippen MR) is 168 cm³/mol. The number of carbonyl (C=O) groups is 1. The van der Waals surface area contributed by atoms with Crippen LogP contribution in [0.4, 0.5) is 10.2 Å². The number of halogens is 1. The Kier molecular flexibility index (Phi) is 11.4. The minimum atomic E-state index is -1.01. The summed E-state index contributed by atoms with van der Waals surface area (Å²) >= 11 is 0. The zero-order valence-corrected chi connectivity index (χ0v) is 26.9. The highest BCUT2D eigenvalue weighted by molar-refractivity contribution is 5.77. The van der Waals surface area contributed by atoms with Crippen LogP contribution in [-0.4, -0.2) is 78.8 Å². The van der Waals surface area contributed by atoms with Crippen molar-refractivity contribution in [2.75, 3.05) is 52.3 Å². The van der Waals surface area contributed by atoms with Crippen molar-refractivity contribution in [3.63, 3.8) is 0 Å². The van der Waals surface area contributed by atoms with Crippen molar-refractivity contribution in [3.8, 4) is 5.75 Å². The number of rotatable bonds is 15. The van der Waals surface area contributed by atoms with Crippen LogP contribution in [0.15, 0.2) is 24.3 Å². The number of nitrogens with zero attached hydrogens (tertiary/aromatic N) is 3. The number of hydrogen-bond donors (Lipinski definition) is 2. The number of benzene rings is 1. The standard InChI is InChI=1S/C34H51FN4O4/c1-23(2)21-38(17-9-7-8-12-26-14-13-24-11-10-16-36-32(24)37-26)27-15-18-39(22-27)30(33(40)41)28-19-25(34(3,4)43-6)20-29(35)31(28)42-5/h13-14,19-20,23,27,30H,7-12,15-18,21-22H2,1-6H3,(H,36,37)(H,40,41)/t27-,30?/m1/s1. The van der Waals surface area contributed by atoms with Gasteiger partial charge < -0.3 is 19.9 Å². The number of anilines is 1. The van der Waals surface area contributed by atoms with Gasteiger partial charge in [0.15, 0.2) is 11.6 Å². The second kappa shape index (κ2) is 14.8. The van der Waals surface area contributed by atoms with Crippen LogP contribution in [-0.2, 0) is 28.0 Å². The number of methoxy groups -OCH3 is 2. The van der Waals surface area contributed by atoms with Gasteiger partial charge in [-0.3, -0.25) is 14.6 Å². The van der Waals surface area contributed by atoms with Gasteiger partial charge in [-0.05, 0) is 94.2 Å². The van der Waals surface area contributed by atoms with E-state index in [9.17, 15) is 9.90 Å². The molecule has 0 aliphatic carbocycles. The Morgan fingerprint density at radius 3 is 2.72 bits per heavy atom. The van der Waals surface area contributed by atoms with Crippen LogP contribution < -0.4 is 10.1 Å². The number of hydrogen-bond acceptors (Lipinski definition) is 7. The molecule has 2 aromatic rings. The molecular weight excluding hydrogens is 547 g/mol. The van der Waals surface area contributed by atoms with Crippen LogP contribution in [0.2, 0.25) is 0 Å². The van der Waals surface area contributed by atoms with E-state index in [0.29, 0.717) is 30.1 Å². The van der Waals surface area contributed by atoms with E-state index in [-0.39, 0.29) is 11.8 Å². The molecule has 1 fully saturated rings. The lowest BCUT2D eigenvalue weighted by Crippen LogP contribution is -2.42. The number of nitrogens with one attached hydrogen (secondary N) is 1. The molecule has 238 valence electrons. The van der Waals surface area contributed by atoms with Gasteiger partial charge in [0.2, 0.25) is 0 Å². The number of fused-ring (bicyclic) bond motifs is 1. The molecule has 4 rings (SSSR count). The van der Waals surface area contributed by atoms with Crippen molar-refractivity contribution in [2.45, 2.75) is 90.3 Å². The molecule has 1 aromatic carbocycles. The molecule has 8 nitrogen and oxygen atoms in total. The fourth-order valence-electron chi connectivity index (χ4n) is 6.48. The monoisotopic (exact) mass is 598 g/mol. The first-order valence-electron chi connectivity index (χ1n) is 15.9. The summed E-state index contributed by atoms with van der Waals surface area (Å²) in [6.07, 6.45) is 7.43. The molecule has 3 heterocycles. The lowest BCUT2D eigenvalue weighted by atomic mass is 9.92. The number of carboxylic acid groups (broad SMARTS) is 1. The first-order valence-corrected chi connectivity index (χ1v) is 15.9. The van der Waals surface area contributed by atoms with Crippen LogP contribution >= 0.6 is 0 Å². The van der Waals surface area contributed by atoms with E-state index in [1.165, 1.54) is 25.2 Å². The third-order valence-corrected chi connectivity index (χ3v) is 9.02. The summed E-state index contributed by atoms with van der Waals surface area (Å²) in [4.78, 5) is 22.1. The van der Waals surface area contributed by atoms with Crippen molar-refractivity contribution in [1.29, 1.82) is 0 Å². The highest BCUT2D eigenvalue weighted by Crippen LogP contribution is 2.38. The quantitative estimate of drug-likeness (QED) is 0.240. The van der Waals surface area contributed by atoms with Crippen LogP contribution in [0.25, 0.3) is 0 Å². The molecule has 2 aliphatic rings. The maximum atomic E-state index is 15.2. The van der Waals surface area contributed by atoms with Gasteiger partial charge in [-0.1, -0.05) is 26.3 Å². The summed E-state index contributed by atoms with van der Waals surface area (Å²) < 4.78 is 26.2. The first kappa shape index (κ1) is 33.1. The molecule has 0 spiro atoms. The fourth-order valence-corrected chi connectivity index (χ4v) is 6.48. The highest BCUT2D eigenvalue weighted by atomic mass is 19.1. The van der Waals surface area contributed by atoms with Gasteiger partial charge in [0.25, 0.3) is 0 Å². The molecule has 1 saturated heterocycles. The van der Waals surface area contributed by atoms with E-state index < -0.39 is 23.4 Å². The van der Waals surface area contributed by atoms with Gasteiger partial charge in [0, 0.05) is 50.6 Å². The summed E-state index contributed by atoms with van der Waals surface area (Å²) in [5.74, 6) is -0.0438. The zero-order chi connectivity index (χ0) is 31.1. The number of aliphatic carboxylic acids is 1. The smallest absolute Gasteiger partial charge is 0.325 e. The minimum absolute atomic E-state index is 0.0188. The topological polar surface area (TPSA) is 87.2 Å². The Hall–Kier alpha value is -2.75. The number of carboxylic acids is 1. The molecule has 2 aliphatic heterocycles. The minimum Gasteiger partial charge on any atom is -0.493 e. The summed E-state index contributed by atoms with van der Waals surface area (Å²) in [6, 6.07) is 6.74. The SMILES string of the molecule is COc1c(F)cc(C(C)(C)OC)cc1C(C(=O)O)N1CC[C@@H](N(CCCCCc2ccc3c(n2)NCCC3)CC(C)C)C1. The number of ether oxygens (including phenoxy) is 2. The van der Waals surface area contributed by atoms with Crippen LogP contribution in [0.1, 0.15) is 88.2 Å². The second-order valence-electron chi connectivity index (χ2n) is 13.0. The van der Waals surface area contributed by atoms with Crippen molar-refractivity contribution in [1.82, 2.24) is 14.8 Å². The summed E-state index contributed by atoms with van der Waals surface area (Å²) in [6.45, 7) is 12.3. The van der Waals surface area contributed by atoms with Gasteiger partial charge in [-0.15, -0.1) is 0 Å². The molecule has 1 aromatic heterocycles. The molecule has 0 bridgehead atoms. The Bertz CT molecular complexity index is 1240. The predicted octanol–water partition coefficient (Wildman–Crippen LogP) is 6.04. The van der Waals surface area contributed by atoms with E-state index in [4.69, 9.17) is 14.5 Å². The van der Waals surface area contributed by atoms with Gasteiger partial charge in [0.1, 0.15) is 11.9 Å². The van der Waals surface area contributed by atoms with Crippen molar-refractivity contribution in [2.24, 2.45) is 5.92 Å². The summed E-state index contributed by atoms with van der Waals surface area (Å²) in [7, 11) is 2.95. The first-order chi connectivity index (χ1) is 20.5. The maximum absolute atomic E-state index is 15.2. The Morgan fingerprint density at radius 1 is 1.23 bits per heavy atom. The molecule has 1 unspecified atom stereocenters. The maximum Gasteiger partial charge on any atom is 0.325 e. The molecule has 2 atom stereocenters. The van der Waals surface area contributed by atoms with Crippen molar-refractivity contribution < 1.29 is 23.8 Å². The second-order valence-corrected chi connectivity index (χ2v) is 13.0. The summed E-state index contributed by atoms with van der Waals surface area (Å²) in [5, 5.41) is 13.8. The van der Waals surface area contributed by atoms with E-state index in [0.717, 1.165) is 69.7 Å². The van der Waals surface area contributed by atoms with E-state index in [1.807, 2.05) is 18.7 Å². The average Bonchev–Trinajstić information content (AvgIpc) is 3.45. The van der Waals surface area contributed by atoms with E-state index >= 15 is 4.39 Å². The number of likely N-dealkylation sites (tertiary alicyclic amines) is 1. The van der Waals surface area contributed by atoms with Gasteiger partial charge in [-0.25, -0.2) is 9.37 Å². The lowest BCUT2D eigenvalue weighted by molar-refractivity contribution is -0.143. The van der Waals surface area contributed by atoms with Gasteiger partial charge >= 0.3 is 5.97 Å². The fraction of sp³-hybridized carbons (Fsp3) is 0.647.